The molecule has 0 bridgehead atoms. The Hall–Kier alpha value is -1.00. The summed E-state index contributed by atoms with van der Waals surface area (Å²) in [6.45, 7) is 2.27. The number of aliphatic hydroxyl groups is 1. The first-order chi connectivity index (χ1) is 8.17. The second-order valence-electron chi connectivity index (χ2n) is 4.08. The largest absolute Gasteiger partial charge is 0.396 e. The molecule has 0 spiro atoms. The Kier molecular flexibility index (Phi) is 6.08. The van der Waals surface area contributed by atoms with Gasteiger partial charge in [0.05, 0.1) is 0 Å². The molecule has 4 heteroatoms. The fraction of sp³-hybridized carbons (Fsp3) is 0.462. The van der Waals surface area contributed by atoms with Crippen LogP contribution in [0.25, 0.3) is 0 Å². The maximum atomic E-state index is 11.3. The topological polar surface area (TPSA) is 49.3 Å². The number of amides is 1. The minimum Gasteiger partial charge on any atom is -0.396 e. The number of hydrogen-bond acceptors (Lipinski definition) is 3. The number of carbonyl (C=O) groups is 1. The molecule has 17 heavy (non-hydrogen) atoms. The third kappa shape index (κ3) is 4.79. The highest BCUT2D eigenvalue weighted by Gasteiger charge is 2.03. The third-order valence-electron chi connectivity index (χ3n) is 2.43. The van der Waals surface area contributed by atoms with Crippen molar-refractivity contribution in [2.24, 2.45) is 5.92 Å². The maximum absolute atomic E-state index is 11.3. The average molecular weight is 253 g/mol. The number of carbonyl (C=O) groups excluding carboxylic acids is 1. The van der Waals surface area contributed by atoms with Crippen molar-refractivity contribution in [1.82, 2.24) is 5.32 Å². The maximum Gasteiger partial charge on any atom is 0.251 e. The lowest BCUT2D eigenvalue weighted by atomic mass is 10.1. The summed E-state index contributed by atoms with van der Waals surface area (Å²) >= 11 is 1.80. The van der Waals surface area contributed by atoms with Crippen LogP contribution in [0.3, 0.4) is 0 Å². The van der Waals surface area contributed by atoms with Crippen molar-refractivity contribution in [1.29, 1.82) is 0 Å². The minimum absolute atomic E-state index is 0.0573. The number of hydrogen-bond donors (Lipinski definition) is 2. The highest BCUT2D eigenvalue weighted by atomic mass is 32.2. The molecule has 0 aliphatic rings. The second-order valence-corrected chi connectivity index (χ2v) is 5.11. The minimum atomic E-state index is -0.0573. The van der Waals surface area contributed by atoms with Crippen molar-refractivity contribution in [2.75, 3.05) is 19.4 Å². The summed E-state index contributed by atoms with van der Waals surface area (Å²) in [5, 5.41) is 11.5. The van der Waals surface area contributed by atoms with Gasteiger partial charge in [0.2, 0.25) is 0 Å². The molecule has 0 saturated heterocycles. The zero-order chi connectivity index (χ0) is 12.7. The molecule has 1 aromatic carbocycles. The van der Waals surface area contributed by atoms with Crippen LogP contribution in [0.15, 0.2) is 24.3 Å². The van der Waals surface area contributed by atoms with Crippen LogP contribution in [0.1, 0.15) is 22.8 Å². The Morgan fingerprint density at radius 2 is 2.06 bits per heavy atom. The molecule has 0 aliphatic heterocycles. The summed E-state index contributed by atoms with van der Waals surface area (Å²) < 4.78 is 0. The van der Waals surface area contributed by atoms with Crippen LogP contribution in [0, 0.1) is 5.92 Å². The number of thioether (sulfide) groups is 1. The summed E-state index contributed by atoms with van der Waals surface area (Å²) in [6.07, 6.45) is 0. The average Bonchev–Trinajstić information content (AvgIpc) is 2.38. The van der Waals surface area contributed by atoms with Crippen molar-refractivity contribution in [3.8, 4) is 0 Å². The summed E-state index contributed by atoms with van der Waals surface area (Å²) in [6, 6.07) is 7.62. The van der Waals surface area contributed by atoms with E-state index in [0.717, 1.165) is 11.5 Å². The first-order valence-electron chi connectivity index (χ1n) is 5.67. The van der Waals surface area contributed by atoms with Gasteiger partial charge in [-0.05, 0) is 29.4 Å². The second kappa shape index (κ2) is 7.35. The zero-order valence-electron chi connectivity index (χ0n) is 10.3. The van der Waals surface area contributed by atoms with Crippen LogP contribution in [0.5, 0.6) is 0 Å². The zero-order valence-corrected chi connectivity index (χ0v) is 11.1. The molecule has 1 atom stereocenters. The van der Waals surface area contributed by atoms with Gasteiger partial charge >= 0.3 is 0 Å². The molecule has 3 nitrogen and oxygen atoms in total. The van der Waals surface area contributed by atoms with E-state index in [1.807, 2.05) is 31.2 Å². The Morgan fingerprint density at radius 1 is 1.41 bits per heavy atom. The van der Waals surface area contributed by atoms with E-state index in [9.17, 15) is 4.79 Å². The van der Waals surface area contributed by atoms with E-state index in [-0.39, 0.29) is 12.5 Å². The Morgan fingerprint density at radius 3 is 2.59 bits per heavy atom. The molecule has 1 amide bonds. The van der Waals surface area contributed by atoms with Gasteiger partial charge in [0.15, 0.2) is 0 Å². The molecule has 0 aromatic heterocycles. The Balaban J connectivity index is 2.43. The molecule has 94 valence electrons. The van der Waals surface area contributed by atoms with E-state index in [2.05, 4.69) is 5.32 Å². The number of nitrogens with one attached hydrogen (secondary N) is 1. The quantitative estimate of drug-likeness (QED) is 0.814. The van der Waals surface area contributed by atoms with E-state index in [0.29, 0.717) is 11.5 Å². The highest BCUT2D eigenvalue weighted by molar-refractivity contribution is 7.98. The van der Waals surface area contributed by atoms with E-state index in [1.165, 1.54) is 5.56 Å². The third-order valence-corrected chi connectivity index (χ3v) is 3.77. The number of rotatable bonds is 6. The monoisotopic (exact) mass is 253 g/mol. The van der Waals surface area contributed by atoms with Gasteiger partial charge in [-0.15, -0.1) is 0 Å². The fourth-order valence-corrected chi connectivity index (χ4v) is 2.38. The fourth-order valence-electron chi connectivity index (χ4n) is 1.33. The van der Waals surface area contributed by atoms with Gasteiger partial charge in [-0.1, -0.05) is 19.1 Å². The normalized spacial score (nSPS) is 12.2. The van der Waals surface area contributed by atoms with Gasteiger partial charge in [-0.2, -0.15) is 11.8 Å². The van der Waals surface area contributed by atoms with Crippen LogP contribution in [0.4, 0.5) is 0 Å². The summed E-state index contributed by atoms with van der Waals surface area (Å²) in [4.78, 5) is 11.3. The van der Waals surface area contributed by atoms with Crippen molar-refractivity contribution in [3.63, 3.8) is 0 Å². The van der Waals surface area contributed by atoms with Gasteiger partial charge in [-0.3, -0.25) is 4.79 Å². The standard InChI is InChI=1S/C13H19NO2S/c1-10(7-15)8-17-9-11-3-5-12(6-4-11)13(16)14-2/h3-6,10,15H,7-9H2,1-2H3,(H,14,16)/t10-/m0/s1. The lowest BCUT2D eigenvalue weighted by Crippen LogP contribution is -2.17. The van der Waals surface area contributed by atoms with Gasteiger partial charge < -0.3 is 10.4 Å². The SMILES string of the molecule is CNC(=O)c1ccc(CSC[C@@H](C)CO)cc1. The first-order valence-corrected chi connectivity index (χ1v) is 6.82. The lowest BCUT2D eigenvalue weighted by Gasteiger charge is -2.07. The van der Waals surface area contributed by atoms with Crippen LogP contribution in [-0.4, -0.2) is 30.4 Å². The first kappa shape index (κ1) is 14.1. The predicted octanol–water partition coefficient (Wildman–Crippen LogP) is 1.91. The summed E-state index contributed by atoms with van der Waals surface area (Å²) in [5.74, 6) is 2.15. The summed E-state index contributed by atoms with van der Waals surface area (Å²) in [5.41, 5.74) is 1.89. The van der Waals surface area contributed by atoms with Gasteiger partial charge in [-0.25, -0.2) is 0 Å². The summed E-state index contributed by atoms with van der Waals surface area (Å²) in [7, 11) is 1.63. The van der Waals surface area contributed by atoms with Gasteiger partial charge in [0.25, 0.3) is 5.91 Å². The predicted molar refractivity (Wildman–Crippen MR) is 72.2 cm³/mol. The molecular formula is C13H19NO2S. The van der Waals surface area contributed by atoms with E-state index in [1.54, 1.807) is 18.8 Å². The van der Waals surface area contributed by atoms with Crippen molar-refractivity contribution in [2.45, 2.75) is 12.7 Å². The van der Waals surface area contributed by atoms with Crippen LogP contribution in [-0.2, 0) is 5.75 Å². The molecule has 0 saturated carbocycles. The number of benzene rings is 1. The Bertz CT molecular complexity index is 351. The van der Waals surface area contributed by atoms with Crippen molar-refractivity contribution < 1.29 is 9.90 Å². The van der Waals surface area contributed by atoms with E-state index >= 15 is 0 Å². The highest BCUT2D eigenvalue weighted by Crippen LogP contribution is 2.15. The van der Waals surface area contributed by atoms with Gasteiger partial charge in [0.1, 0.15) is 0 Å². The van der Waals surface area contributed by atoms with Crippen molar-refractivity contribution >= 4 is 17.7 Å². The van der Waals surface area contributed by atoms with Crippen LogP contribution < -0.4 is 5.32 Å². The van der Waals surface area contributed by atoms with E-state index < -0.39 is 0 Å². The van der Waals surface area contributed by atoms with Crippen LogP contribution in [0.2, 0.25) is 0 Å². The molecule has 0 unspecified atom stereocenters. The molecule has 1 rings (SSSR count). The molecule has 0 heterocycles. The molecule has 1 aromatic rings. The van der Waals surface area contributed by atoms with Crippen LogP contribution >= 0.6 is 11.8 Å². The molecule has 0 fully saturated rings. The van der Waals surface area contributed by atoms with E-state index in [4.69, 9.17) is 5.11 Å². The van der Waals surface area contributed by atoms with Crippen molar-refractivity contribution in [3.05, 3.63) is 35.4 Å². The molecule has 2 N–H and O–H groups in total. The smallest absolute Gasteiger partial charge is 0.251 e. The lowest BCUT2D eigenvalue weighted by molar-refractivity contribution is 0.0963. The number of aliphatic hydroxyl groups excluding tert-OH is 1. The molecule has 0 aliphatic carbocycles. The molecular weight excluding hydrogens is 234 g/mol. The molecule has 0 radical (unpaired) electrons. The Labute approximate surface area is 107 Å². The van der Waals surface area contributed by atoms with Gasteiger partial charge in [0, 0.05) is 25.0 Å².